The number of thioether (sulfide) groups is 1. The van der Waals surface area contributed by atoms with Crippen molar-refractivity contribution in [2.24, 2.45) is 5.10 Å². The Kier molecular flexibility index (Phi) is 9.59. The first-order valence-electron chi connectivity index (χ1n) is 10.8. The third kappa shape index (κ3) is 6.88. The number of rotatable bonds is 11. The maximum atomic E-state index is 14.7. The van der Waals surface area contributed by atoms with Gasteiger partial charge in [-0.25, -0.2) is 23.2 Å². The van der Waals surface area contributed by atoms with Gasteiger partial charge in [0, 0.05) is 19.7 Å². The first-order valence-corrected chi connectivity index (χ1v) is 13.1. The number of ether oxygens (including phenoxy) is 1. The van der Waals surface area contributed by atoms with Gasteiger partial charge in [0.05, 0.1) is 19.8 Å². The molecule has 0 aromatic heterocycles. The number of amides is 2. The molecule has 14 heteroatoms. The minimum atomic E-state index is -4.71. The van der Waals surface area contributed by atoms with E-state index >= 15 is 0 Å². The summed E-state index contributed by atoms with van der Waals surface area (Å²) >= 11 is 1.02. The van der Waals surface area contributed by atoms with Crippen LogP contribution in [0.4, 0.5) is 13.6 Å². The van der Waals surface area contributed by atoms with Crippen LogP contribution in [-0.2, 0) is 23.5 Å². The Morgan fingerprint density at radius 1 is 1.17 bits per heavy atom. The highest BCUT2D eigenvalue weighted by molar-refractivity contribution is 8.15. The number of urea groups is 1. The van der Waals surface area contributed by atoms with E-state index in [-0.39, 0.29) is 43.3 Å². The molecule has 2 N–H and O–H groups in total. The number of benzene rings is 2. The Labute approximate surface area is 211 Å². The first kappa shape index (κ1) is 28.2. The molecule has 1 aliphatic heterocycles. The molecule has 0 bridgehead atoms. The molecule has 0 saturated carbocycles. The molecule has 1 heterocycles. The van der Waals surface area contributed by atoms with Gasteiger partial charge in [-0.1, -0.05) is 42.1 Å². The average Bonchev–Trinajstić information content (AvgIpc) is 3.23. The van der Waals surface area contributed by atoms with Crippen molar-refractivity contribution in [1.29, 1.82) is 0 Å². The predicted octanol–water partition coefficient (Wildman–Crippen LogP) is 4.05. The summed E-state index contributed by atoms with van der Waals surface area (Å²) in [7, 11) is -1.85. The molecule has 2 aromatic rings. The Hall–Kier alpha value is -2.38. The fraction of sp³-hybridized carbons (Fsp3) is 0.364. The maximum Gasteiger partial charge on any atom is 0.469 e. The van der Waals surface area contributed by atoms with E-state index in [4.69, 9.17) is 19.4 Å². The van der Waals surface area contributed by atoms with Gasteiger partial charge < -0.3 is 14.5 Å². The summed E-state index contributed by atoms with van der Waals surface area (Å²) in [6, 6.07) is 11.0. The molecule has 10 nitrogen and oxygen atoms in total. The van der Waals surface area contributed by atoms with Crippen LogP contribution in [-0.4, -0.2) is 64.9 Å². The van der Waals surface area contributed by atoms with Gasteiger partial charge in [-0.3, -0.25) is 9.36 Å². The van der Waals surface area contributed by atoms with Crippen molar-refractivity contribution in [1.82, 2.24) is 10.1 Å². The second-order valence-electron chi connectivity index (χ2n) is 7.63. The van der Waals surface area contributed by atoms with E-state index in [0.29, 0.717) is 5.56 Å². The van der Waals surface area contributed by atoms with Crippen molar-refractivity contribution in [3.8, 4) is 0 Å². The molecule has 0 radical (unpaired) electrons. The van der Waals surface area contributed by atoms with Crippen LogP contribution in [0.25, 0.3) is 0 Å². The summed E-state index contributed by atoms with van der Waals surface area (Å²) in [6.07, 6.45) is 0.197. The summed E-state index contributed by atoms with van der Waals surface area (Å²) in [5.41, 5.74) is 0.463. The Balaban J connectivity index is 2.03. The lowest BCUT2D eigenvalue weighted by atomic mass is 10.0. The molecule has 2 aromatic carbocycles. The second-order valence-corrected chi connectivity index (χ2v) is 10.1. The summed E-state index contributed by atoms with van der Waals surface area (Å²) in [5, 5.41) is 6.49. The first-order chi connectivity index (χ1) is 17.1. The molecule has 0 fully saturated rings. The number of carbonyl (C=O) groups excluding carboxylic acids is 1. The molecular formula is C22H26F2N3O7PS. The quantitative estimate of drug-likeness (QED) is 0.247. The lowest BCUT2D eigenvalue weighted by Crippen LogP contribution is -2.47. The van der Waals surface area contributed by atoms with Crippen LogP contribution in [0, 0.1) is 11.6 Å². The Morgan fingerprint density at radius 3 is 2.56 bits per heavy atom. The summed E-state index contributed by atoms with van der Waals surface area (Å²) in [5.74, 6) is -1.41. The van der Waals surface area contributed by atoms with Gasteiger partial charge in [-0.15, -0.1) is 0 Å². The van der Waals surface area contributed by atoms with E-state index < -0.39 is 30.4 Å². The largest absolute Gasteiger partial charge is 0.469 e. The van der Waals surface area contributed by atoms with Crippen LogP contribution in [0.1, 0.15) is 24.0 Å². The van der Waals surface area contributed by atoms with Crippen LogP contribution in [0.15, 0.2) is 53.6 Å². The molecule has 0 aliphatic carbocycles. The van der Waals surface area contributed by atoms with Crippen LogP contribution in [0.2, 0.25) is 0 Å². The zero-order valence-corrected chi connectivity index (χ0v) is 21.3. The normalized spacial score (nSPS) is 17.8. The van der Waals surface area contributed by atoms with Crippen LogP contribution in [0.3, 0.4) is 0 Å². The molecule has 1 aliphatic rings. The van der Waals surface area contributed by atoms with Crippen LogP contribution < -0.4 is 0 Å². The van der Waals surface area contributed by atoms with E-state index in [2.05, 4.69) is 9.63 Å². The van der Waals surface area contributed by atoms with Crippen molar-refractivity contribution >= 4 is 30.7 Å². The zero-order valence-electron chi connectivity index (χ0n) is 19.5. The minimum absolute atomic E-state index is 0.0467. The Bertz CT molecular complexity index is 1140. The molecule has 1 unspecified atom stereocenters. The molecule has 196 valence electrons. The van der Waals surface area contributed by atoms with E-state index in [0.717, 1.165) is 40.0 Å². The lowest BCUT2D eigenvalue weighted by Gasteiger charge is -2.37. The standard InChI is InChI=1S/C22H26F2N3O7PS/c1-26(33-14-13-32-2)21(28)27-22(16-7-4-3-5-8-16,11-6-12-34-35(29,30)31)36-20(25-27)18-15-17(23)9-10-19(18)24/h3-5,7-10,15H,6,11-14H2,1-2H3,(H2,29,30,31). The second kappa shape index (κ2) is 12.2. The SMILES string of the molecule is COCCON(C)C(=O)N1N=C(c2cc(F)ccc2F)SC1(CCCOP(=O)(O)O)c1ccccc1. The van der Waals surface area contributed by atoms with E-state index in [1.54, 1.807) is 30.3 Å². The van der Waals surface area contributed by atoms with E-state index in [1.165, 1.54) is 14.2 Å². The number of hydrogen-bond donors (Lipinski definition) is 2. The van der Waals surface area contributed by atoms with Crippen molar-refractivity contribution < 1.29 is 42.0 Å². The molecule has 0 spiro atoms. The summed E-state index contributed by atoms with van der Waals surface area (Å²) in [6.45, 7) is -0.0203. The third-order valence-corrected chi connectivity index (χ3v) is 7.09. The number of carbonyl (C=O) groups is 1. The van der Waals surface area contributed by atoms with Crippen molar-refractivity contribution in [3.05, 3.63) is 71.3 Å². The molecule has 3 rings (SSSR count). The summed E-state index contributed by atoms with van der Waals surface area (Å²) < 4.78 is 49.3. The van der Waals surface area contributed by atoms with Gasteiger partial charge in [0.2, 0.25) is 0 Å². The van der Waals surface area contributed by atoms with Gasteiger partial charge in [-0.2, -0.15) is 10.1 Å². The highest BCUT2D eigenvalue weighted by Gasteiger charge is 2.50. The van der Waals surface area contributed by atoms with E-state index in [9.17, 15) is 18.1 Å². The topological polar surface area (TPSA) is 121 Å². The highest BCUT2D eigenvalue weighted by atomic mass is 32.2. The van der Waals surface area contributed by atoms with Crippen LogP contribution >= 0.6 is 19.6 Å². The fourth-order valence-corrected chi connectivity index (χ4v) is 5.27. The number of methoxy groups -OCH3 is 1. The third-order valence-electron chi connectivity index (χ3n) is 5.12. The van der Waals surface area contributed by atoms with Gasteiger partial charge in [0.1, 0.15) is 21.5 Å². The number of halogens is 2. The van der Waals surface area contributed by atoms with Crippen molar-refractivity contribution in [3.63, 3.8) is 0 Å². The molecule has 2 amide bonds. The number of phosphoric acid groups is 1. The number of hydrogen-bond acceptors (Lipinski definition) is 7. The van der Waals surface area contributed by atoms with Gasteiger partial charge in [0.15, 0.2) is 0 Å². The molecular weight excluding hydrogens is 519 g/mol. The van der Waals surface area contributed by atoms with Crippen LogP contribution in [0.5, 0.6) is 0 Å². The number of nitrogens with zero attached hydrogens (tertiary/aromatic N) is 3. The highest BCUT2D eigenvalue weighted by Crippen LogP contribution is 2.51. The van der Waals surface area contributed by atoms with Crippen molar-refractivity contribution in [2.45, 2.75) is 17.7 Å². The maximum absolute atomic E-state index is 14.7. The smallest absolute Gasteiger partial charge is 0.382 e. The molecule has 1 atom stereocenters. The predicted molar refractivity (Wildman–Crippen MR) is 129 cm³/mol. The summed E-state index contributed by atoms with van der Waals surface area (Å²) in [4.78, 5) is 35.7. The Morgan fingerprint density at radius 2 is 1.89 bits per heavy atom. The van der Waals surface area contributed by atoms with Crippen molar-refractivity contribution in [2.75, 3.05) is 34.0 Å². The molecule has 36 heavy (non-hydrogen) atoms. The van der Waals surface area contributed by atoms with E-state index in [1.807, 2.05) is 0 Å². The van der Waals surface area contributed by atoms with Gasteiger partial charge in [0.25, 0.3) is 0 Å². The average molecular weight is 546 g/mol. The monoisotopic (exact) mass is 545 g/mol. The van der Waals surface area contributed by atoms with Gasteiger partial charge in [-0.05, 0) is 36.6 Å². The number of hydroxylamine groups is 2. The fourth-order valence-electron chi connectivity index (χ4n) is 3.49. The number of hydrazone groups is 1. The zero-order chi connectivity index (χ0) is 26.3. The molecule has 0 saturated heterocycles. The minimum Gasteiger partial charge on any atom is -0.382 e. The van der Waals surface area contributed by atoms with Gasteiger partial charge >= 0.3 is 13.9 Å². The number of phosphoric ester groups is 1. The lowest BCUT2D eigenvalue weighted by molar-refractivity contribution is -0.122.